The van der Waals surface area contributed by atoms with Crippen LogP contribution in [-0.4, -0.2) is 50.6 Å². The van der Waals surface area contributed by atoms with Crippen LogP contribution in [0.2, 0.25) is 0 Å². The number of carbonyl (C=O) groups excluding carboxylic acids is 2. The molecule has 0 saturated carbocycles. The zero-order valence-corrected chi connectivity index (χ0v) is 17.1. The molecule has 0 aromatic heterocycles. The van der Waals surface area contributed by atoms with Crippen molar-refractivity contribution in [3.05, 3.63) is 23.8 Å². The van der Waals surface area contributed by atoms with Crippen LogP contribution in [0, 0.1) is 11.3 Å². The molecule has 6 heteroatoms. The summed E-state index contributed by atoms with van der Waals surface area (Å²) in [5.74, 6) is 1.39. The molecule has 1 aromatic rings. The number of rotatable bonds is 6. The molecule has 1 saturated heterocycles. The number of nitrogens with zero attached hydrogens (tertiary/aromatic N) is 1. The minimum atomic E-state index is -0.411. The fraction of sp³-hybridized carbons (Fsp3) is 0.619. The third-order valence-electron chi connectivity index (χ3n) is 4.88. The Hall–Kier alpha value is -2.24. The van der Waals surface area contributed by atoms with E-state index in [2.05, 4.69) is 5.32 Å². The van der Waals surface area contributed by atoms with E-state index in [0.29, 0.717) is 31.0 Å². The molecule has 1 unspecified atom stereocenters. The van der Waals surface area contributed by atoms with E-state index in [1.54, 1.807) is 14.2 Å². The van der Waals surface area contributed by atoms with E-state index < -0.39 is 5.41 Å². The molecule has 1 fully saturated rings. The summed E-state index contributed by atoms with van der Waals surface area (Å²) < 4.78 is 10.6. The first-order valence-electron chi connectivity index (χ1n) is 9.54. The average molecular weight is 376 g/mol. The van der Waals surface area contributed by atoms with Crippen LogP contribution in [0.25, 0.3) is 0 Å². The first-order chi connectivity index (χ1) is 12.8. The minimum Gasteiger partial charge on any atom is -0.493 e. The van der Waals surface area contributed by atoms with Crippen LogP contribution in [0.4, 0.5) is 0 Å². The fourth-order valence-corrected chi connectivity index (χ4v) is 3.36. The lowest BCUT2D eigenvalue weighted by molar-refractivity contribution is -0.142. The van der Waals surface area contributed by atoms with E-state index in [1.165, 1.54) is 0 Å². The van der Waals surface area contributed by atoms with Crippen molar-refractivity contribution in [1.29, 1.82) is 0 Å². The number of hydrogen-bond acceptors (Lipinski definition) is 4. The largest absolute Gasteiger partial charge is 0.493 e. The molecule has 1 aliphatic heterocycles. The molecule has 1 atom stereocenters. The number of methoxy groups -OCH3 is 2. The quantitative estimate of drug-likeness (QED) is 0.829. The highest BCUT2D eigenvalue weighted by atomic mass is 16.5. The molecule has 0 radical (unpaired) electrons. The molecule has 0 aliphatic carbocycles. The summed E-state index contributed by atoms with van der Waals surface area (Å²) in [6, 6.07) is 5.76. The summed E-state index contributed by atoms with van der Waals surface area (Å²) in [6.07, 6.45) is 2.41. The highest BCUT2D eigenvalue weighted by molar-refractivity contribution is 5.83. The molecule has 27 heavy (non-hydrogen) atoms. The van der Waals surface area contributed by atoms with Gasteiger partial charge in [0.1, 0.15) is 0 Å². The minimum absolute atomic E-state index is 0.0295. The third-order valence-corrected chi connectivity index (χ3v) is 4.88. The second-order valence-corrected chi connectivity index (χ2v) is 8.07. The highest BCUT2D eigenvalue weighted by Crippen LogP contribution is 2.27. The van der Waals surface area contributed by atoms with Crippen molar-refractivity contribution >= 4 is 11.8 Å². The van der Waals surface area contributed by atoms with Crippen molar-refractivity contribution in [2.45, 2.75) is 40.0 Å². The van der Waals surface area contributed by atoms with Gasteiger partial charge >= 0.3 is 0 Å². The number of carbonyl (C=O) groups is 2. The molecule has 2 rings (SSSR count). The number of ether oxygens (including phenoxy) is 2. The van der Waals surface area contributed by atoms with Gasteiger partial charge in [-0.2, -0.15) is 0 Å². The Morgan fingerprint density at radius 3 is 2.52 bits per heavy atom. The monoisotopic (exact) mass is 376 g/mol. The molecule has 1 aromatic carbocycles. The maximum Gasteiger partial charge on any atom is 0.227 e. The van der Waals surface area contributed by atoms with Crippen LogP contribution in [0.1, 0.15) is 39.2 Å². The first kappa shape index (κ1) is 21.1. The van der Waals surface area contributed by atoms with Crippen LogP contribution < -0.4 is 14.8 Å². The maximum absolute atomic E-state index is 12.5. The van der Waals surface area contributed by atoms with Crippen LogP contribution in [0.15, 0.2) is 18.2 Å². The van der Waals surface area contributed by atoms with Gasteiger partial charge in [0.15, 0.2) is 11.5 Å². The molecule has 0 spiro atoms. The average Bonchev–Trinajstić information content (AvgIpc) is 2.66. The Labute approximate surface area is 162 Å². The number of nitrogens with one attached hydrogen (secondary N) is 1. The van der Waals surface area contributed by atoms with Gasteiger partial charge in [-0.1, -0.05) is 26.8 Å². The van der Waals surface area contributed by atoms with Crippen LogP contribution in [-0.2, 0) is 16.0 Å². The number of likely N-dealkylation sites (tertiary alicyclic amines) is 1. The lowest BCUT2D eigenvalue weighted by atomic mass is 9.91. The molecule has 150 valence electrons. The van der Waals surface area contributed by atoms with Gasteiger partial charge in [-0.25, -0.2) is 0 Å². The van der Waals surface area contributed by atoms with Gasteiger partial charge in [0, 0.05) is 25.0 Å². The zero-order chi connectivity index (χ0) is 20.0. The van der Waals surface area contributed by atoms with Crippen molar-refractivity contribution in [3.63, 3.8) is 0 Å². The van der Waals surface area contributed by atoms with E-state index in [4.69, 9.17) is 9.47 Å². The van der Waals surface area contributed by atoms with Gasteiger partial charge in [-0.15, -0.1) is 0 Å². The predicted octanol–water partition coefficient (Wildman–Crippen LogP) is 2.65. The molecular formula is C21H32N2O4. The smallest absolute Gasteiger partial charge is 0.227 e. The van der Waals surface area contributed by atoms with Gasteiger partial charge in [0.2, 0.25) is 11.8 Å². The fourth-order valence-electron chi connectivity index (χ4n) is 3.36. The molecule has 2 amide bonds. The van der Waals surface area contributed by atoms with Crippen molar-refractivity contribution in [1.82, 2.24) is 10.2 Å². The molecule has 6 nitrogen and oxygen atoms in total. The van der Waals surface area contributed by atoms with Crippen LogP contribution >= 0.6 is 0 Å². The standard InChI is InChI=1S/C21H32N2O4/c1-21(2,3)20(25)23-12-6-7-16(14-23)19(24)22-11-10-15-8-9-17(26-4)18(13-15)27-5/h8-9,13,16H,6-7,10-12,14H2,1-5H3,(H,22,24). The van der Waals surface area contributed by atoms with Crippen LogP contribution in [0.3, 0.4) is 0 Å². The van der Waals surface area contributed by atoms with Crippen molar-refractivity contribution in [3.8, 4) is 11.5 Å². The first-order valence-corrected chi connectivity index (χ1v) is 9.54. The molecular weight excluding hydrogens is 344 g/mol. The summed E-state index contributed by atoms with van der Waals surface area (Å²) in [4.78, 5) is 26.8. The Morgan fingerprint density at radius 2 is 1.89 bits per heavy atom. The highest BCUT2D eigenvalue weighted by Gasteiger charge is 2.33. The third kappa shape index (κ3) is 5.62. The van der Waals surface area contributed by atoms with Crippen molar-refractivity contribution < 1.29 is 19.1 Å². The molecule has 1 N–H and O–H groups in total. The number of piperidine rings is 1. The Balaban J connectivity index is 1.86. The van der Waals surface area contributed by atoms with Crippen molar-refractivity contribution in [2.24, 2.45) is 11.3 Å². The van der Waals surface area contributed by atoms with Gasteiger partial charge in [0.05, 0.1) is 20.1 Å². The maximum atomic E-state index is 12.5. The Morgan fingerprint density at radius 1 is 1.19 bits per heavy atom. The molecule has 1 aliphatic rings. The zero-order valence-electron chi connectivity index (χ0n) is 17.1. The topological polar surface area (TPSA) is 67.9 Å². The summed E-state index contributed by atoms with van der Waals surface area (Å²) >= 11 is 0. The van der Waals surface area contributed by atoms with E-state index in [9.17, 15) is 9.59 Å². The molecule has 0 bridgehead atoms. The second kappa shape index (κ2) is 9.11. The Kier molecular flexibility index (Phi) is 7.11. The summed E-state index contributed by atoms with van der Waals surface area (Å²) in [7, 11) is 3.22. The SMILES string of the molecule is COc1ccc(CCNC(=O)C2CCCN(C(=O)C(C)(C)C)C2)cc1OC. The van der Waals surface area contributed by atoms with Crippen LogP contribution in [0.5, 0.6) is 11.5 Å². The lowest BCUT2D eigenvalue weighted by Crippen LogP contribution is -2.48. The summed E-state index contributed by atoms with van der Waals surface area (Å²) in [5, 5.41) is 3.02. The van der Waals surface area contributed by atoms with E-state index in [0.717, 1.165) is 24.9 Å². The number of benzene rings is 1. The molecule has 1 heterocycles. The van der Waals surface area contributed by atoms with Crippen molar-refractivity contribution in [2.75, 3.05) is 33.9 Å². The lowest BCUT2D eigenvalue weighted by Gasteiger charge is -2.35. The van der Waals surface area contributed by atoms with E-state index in [1.807, 2.05) is 43.9 Å². The summed E-state index contributed by atoms with van der Waals surface area (Å²) in [6.45, 7) is 7.56. The Bertz CT molecular complexity index is 667. The van der Waals surface area contributed by atoms with E-state index >= 15 is 0 Å². The van der Waals surface area contributed by atoms with Gasteiger partial charge in [-0.3, -0.25) is 9.59 Å². The number of amides is 2. The second-order valence-electron chi connectivity index (χ2n) is 8.07. The summed E-state index contributed by atoms with van der Waals surface area (Å²) in [5.41, 5.74) is 0.660. The normalized spacial score (nSPS) is 17.4. The van der Waals surface area contributed by atoms with E-state index in [-0.39, 0.29) is 17.7 Å². The van der Waals surface area contributed by atoms with Gasteiger partial charge in [-0.05, 0) is 37.0 Å². The van der Waals surface area contributed by atoms with Gasteiger partial charge in [0.25, 0.3) is 0 Å². The number of hydrogen-bond donors (Lipinski definition) is 1. The predicted molar refractivity (Wildman–Crippen MR) is 105 cm³/mol. The van der Waals surface area contributed by atoms with Gasteiger partial charge < -0.3 is 19.7 Å².